The second kappa shape index (κ2) is 7.54. The lowest BCUT2D eigenvalue weighted by atomic mass is 9.72. The van der Waals surface area contributed by atoms with Gasteiger partial charge in [-0.1, -0.05) is 37.6 Å². The van der Waals surface area contributed by atoms with Gasteiger partial charge in [0.2, 0.25) is 0 Å². The van der Waals surface area contributed by atoms with E-state index in [0.29, 0.717) is 6.42 Å². The summed E-state index contributed by atoms with van der Waals surface area (Å²) in [4.78, 5) is 16.5. The van der Waals surface area contributed by atoms with E-state index < -0.39 is 0 Å². The summed E-state index contributed by atoms with van der Waals surface area (Å²) < 4.78 is 0. The molecule has 1 aromatic rings. The Balaban J connectivity index is 2.08. The maximum absolute atomic E-state index is 12.4. The monoisotopic (exact) mass is 309 g/mol. The van der Waals surface area contributed by atoms with Crippen LogP contribution in [0.4, 0.5) is 0 Å². The second-order valence-electron chi connectivity index (χ2n) is 7.06. The summed E-state index contributed by atoms with van der Waals surface area (Å²) >= 11 is 0. The molecule has 0 aliphatic heterocycles. The summed E-state index contributed by atoms with van der Waals surface area (Å²) in [5.41, 5.74) is 3.95. The second-order valence-corrected chi connectivity index (χ2v) is 7.06. The topological polar surface area (TPSA) is 30.0 Å². The van der Waals surface area contributed by atoms with Crippen molar-refractivity contribution in [3.05, 3.63) is 66.0 Å². The Morgan fingerprint density at radius 1 is 1.48 bits per heavy atom. The first-order valence-corrected chi connectivity index (χ1v) is 8.37. The predicted octanol–water partition coefficient (Wildman–Crippen LogP) is 5.39. The average Bonchev–Trinajstić information content (AvgIpc) is 2.52. The lowest BCUT2D eigenvalue weighted by Crippen LogP contribution is -2.19. The van der Waals surface area contributed by atoms with Crippen LogP contribution < -0.4 is 0 Å². The first-order valence-electron chi connectivity index (χ1n) is 8.37. The first-order chi connectivity index (χ1) is 10.9. The Kier molecular flexibility index (Phi) is 5.70. The van der Waals surface area contributed by atoms with Crippen molar-refractivity contribution in [1.29, 1.82) is 0 Å². The van der Waals surface area contributed by atoms with E-state index in [2.05, 4.69) is 32.3 Å². The molecule has 0 spiro atoms. The van der Waals surface area contributed by atoms with Crippen LogP contribution in [0.15, 0.2) is 60.5 Å². The number of nitrogens with zero attached hydrogens (tertiary/aromatic N) is 1. The SMILES string of the molecule is C=C[C@@H](CC(=O)/C=C/C1=C(C)CCCC1(C)C)c1cccnc1. The molecule has 0 aromatic carbocycles. The van der Waals surface area contributed by atoms with Gasteiger partial charge in [0.05, 0.1) is 0 Å². The molecule has 1 aliphatic rings. The molecule has 122 valence electrons. The highest BCUT2D eigenvalue weighted by atomic mass is 16.1. The summed E-state index contributed by atoms with van der Waals surface area (Å²) in [5.74, 6) is 0.163. The van der Waals surface area contributed by atoms with Crippen LogP contribution in [0.5, 0.6) is 0 Å². The van der Waals surface area contributed by atoms with Crippen molar-refractivity contribution in [2.45, 2.75) is 52.4 Å². The third-order valence-electron chi connectivity index (χ3n) is 4.80. The number of carbonyl (C=O) groups is 1. The zero-order valence-corrected chi connectivity index (χ0v) is 14.5. The van der Waals surface area contributed by atoms with Gasteiger partial charge in [0.1, 0.15) is 0 Å². The smallest absolute Gasteiger partial charge is 0.156 e. The molecule has 1 atom stereocenters. The number of rotatable bonds is 6. The van der Waals surface area contributed by atoms with Gasteiger partial charge in [0.25, 0.3) is 0 Å². The van der Waals surface area contributed by atoms with Crippen molar-refractivity contribution in [1.82, 2.24) is 4.98 Å². The van der Waals surface area contributed by atoms with E-state index in [-0.39, 0.29) is 17.1 Å². The van der Waals surface area contributed by atoms with Crippen LogP contribution in [-0.2, 0) is 4.79 Å². The van der Waals surface area contributed by atoms with Gasteiger partial charge >= 0.3 is 0 Å². The molecule has 0 saturated heterocycles. The molecule has 23 heavy (non-hydrogen) atoms. The van der Waals surface area contributed by atoms with Gasteiger partial charge < -0.3 is 0 Å². The van der Waals surface area contributed by atoms with Crippen LogP contribution in [0.3, 0.4) is 0 Å². The lowest BCUT2D eigenvalue weighted by molar-refractivity contribution is -0.114. The fourth-order valence-electron chi connectivity index (χ4n) is 3.40. The Bertz CT molecular complexity index is 623. The fraction of sp³-hybridized carbons (Fsp3) is 0.429. The minimum absolute atomic E-state index is 0.0234. The molecule has 0 saturated carbocycles. The molecule has 2 heteroatoms. The van der Waals surface area contributed by atoms with Crippen molar-refractivity contribution in [3.63, 3.8) is 0 Å². The van der Waals surface area contributed by atoms with Crippen LogP contribution in [0.2, 0.25) is 0 Å². The van der Waals surface area contributed by atoms with Gasteiger partial charge in [-0.15, -0.1) is 6.58 Å². The number of hydrogen-bond donors (Lipinski definition) is 0. The molecule has 0 unspecified atom stereocenters. The molecule has 2 rings (SSSR count). The molecular formula is C21H27NO. The van der Waals surface area contributed by atoms with Gasteiger partial charge in [0.15, 0.2) is 5.78 Å². The Morgan fingerprint density at radius 3 is 2.87 bits per heavy atom. The standard InChI is InChI=1S/C21H27NO/c1-5-17(18-9-7-13-22-15-18)14-19(23)10-11-20-16(2)8-6-12-21(20,3)4/h5,7,9-11,13,15,17H,1,6,8,12,14H2,2-4H3/b11-10+/t17-/m0/s1. The van der Waals surface area contributed by atoms with E-state index in [0.717, 1.165) is 12.0 Å². The van der Waals surface area contributed by atoms with E-state index >= 15 is 0 Å². The average molecular weight is 309 g/mol. The van der Waals surface area contributed by atoms with Crippen molar-refractivity contribution in [2.75, 3.05) is 0 Å². The maximum atomic E-state index is 12.4. The third kappa shape index (κ3) is 4.51. The van der Waals surface area contributed by atoms with Crippen LogP contribution in [0.1, 0.15) is 57.9 Å². The molecule has 0 amide bonds. The van der Waals surface area contributed by atoms with Crippen molar-refractivity contribution < 1.29 is 4.79 Å². The van der Waals surface area contributed by atoms with Crippen molar-refractivity contribution in [2.24, 2.45) is 5.41 Å². The van der Waals surface area contributed by atoms with Crippen molar-refractivity contribution >= 4 is 5.78 Å². The number of aromatic nitrogens is 1. The van der Waals surface area contributed by atoms with Gasteiger partial charge in [-0.25, -0.2) is 0 Å². The normalized spacial score (nSPS) is 18.9. The molecule has 2 nitrogen and oxygen atoms in total. The summed E-state index contributed by atoms with van der Waals surface area (Å²) in [6, 6.07) is 3.89. The number of hydrogen-bond acceptors (Lipinski definition) is 2. The summed E-state index contributed by atoms with van der Waals surface area (Å²) in [6.07, 6.45) is 13.2. The number of allylic oxidation sites excluding steroid dienone is 5. The van der Waals surface area contributed by atoms with Crippen LogP contribution >= 0.6 is 0 Å². The zero-order chi connectivity index (χ0) is 16.9. The lowest BCUT2D eigenvalue weighted by Gasteiger charge is -2.32. The van der Waals surface area contributed by atoms with Gasteiger partial charge in [-0.3, -0.25) is 9.78 Å². The Morgan fingerprint density at radius 2 is 2.26 bits per heavy atom. The number of pyridine rings is 1. The molecule has 1 aromatic heterocycles. The highest BCUT2D eigenvalue weighted by molar-refractivity contribution is 5.91. The van der Waals surface area contributed by atoms with Gasteiger partial charge in [0, 0.05) is 24.7 Å². The zero-order valence-electron chi connectivity index (χ0n) is 14.5. The Labute approximate surface area is 140 Å². The van der Waals surface area contributed by atoms with Crippen LogP contribution in [0, 0.1) is 5.41 Å². The van der Waals surface area contributed by atoms with E-state index in [1.54, 1.807) is 18.5 Å². The summed E-state index contributed by atoms with van der Waals surface area (Å²) in [6.45, 7) is 10.6. The minimum atomic E-state index is 0.0234. The van der Waals surface area contributed by atoms with E-state index in [4.69, 9.17) is 0 Å². The van der Waals surface area contributed by atoms with Gasteiger partial charge in [-0.05, 0) is 54.9 Å². The molecule has 1 aliphatic carbocycles. The highest BCUT2D eigenvalue weighted by Gasteiger charge is 2.26. The van der Waals surface area contributed by atoms with Crippen LogP contribution in [-0.4, -0.2) is 10.8 Å². The highest BCUT2D eigenvalue weighted by Crippen LogP contribution is 2.40. The van der Waals surface area contributed by atoms with E-state index in [1.165, 1.54) is 24.0 Å². The molecular weight excluding hydrogens is 282 g/mol. The quantitative estimate of drug-likeness (QED) is 0.520. The predicted molar refractivity (Wildman–Crippen MR) is 96.3 cm³/mol. The number of ketones is 1. The van der Waals surface area contributed by atoms with E-state index in [1.807, 2.05) is 24.3 Å². The molecule has 1 heterocycles. The summed E-state index contributed by atoms with van der Waals surface area (Å²) in [7, 11) is 0. The van der Waals surface area contributed by atoms with Crippen LogP contribution in [0.25, 0.3) is 0 Å². The van der Waals surface area contributed by atoms with E-state index in [9.17, 15) is 4.79 Å². The fourth-order valence-corrected chi connectivity index (χ4v) is 3.40. The molecule has 0 fully saturated rings. The number of carbonyl (C=O) groups excluding carboxylic acids is 1. The largest absolute Gasteiger partial charge is 0.295 e. The Hall–Kier alpha value is -1.96. The summed E-state index contributed by atoms with van der Waals surface area (Å²) in [5, 5.41) is 0. The molecule has 0 bridgehead atoms. The molecule has 0 radical (unpaired) electrons. The minimum Gasteiger partial charge on any atom is -0.295 e. The molecule has 0 N–H and O–H groups in total. The third-order valence-corrected chi connectivity index (χ3v) is 4.80. The first kappa shape index (κ1) is 17.4. The van der Waals surface area contributed by atoms with Gasteiger partial charge in [-0.2, -0.15) is 0 Å². The van der Waals surface area contributed by atoms with Crippen molar-refractivity contribution in [3.8, 4) is 0 Å². The maximum Gasteiger partial charge on any atom is 0.156 e.